The first-order valence-corrected chi connectivity index (χ1v) is 9.39. The topological polar surface area (TPSA) is 61.4 Å². The summed E-state index contributed by atoms with van der Waals surface area (Å²) in [5, 5.41) is 6.24. The van der Waals surface area contributed by atoms with Crippen molar-refractivity contribution < 1.29 is 9.59 Å². The second-order valence-corrected chi connectivity index (χ2v) is 7.52. The number of hydrogen-bond donors (Lipinski definition) is 2. The Morgan fingerprint density at radius 3 is 2.74 bits per heavy atom. The number of hydrogen-bond acceptors (Lipinski definition) is 4. The second kappa shape index (κ2) is 6.17. The van der Waals surface area contributed by atoms with Gasteiger partial charge in [-0.05, 0) is 30.4 Å². The number of likely N-dealkylation sites (tertiary alicyclic amines) is 1. The highest BCUT2D eigenvalue weighted by Crippen LogP contribution is 2.41. The highest BCUT2D eigenvalue weighted by molar-refractivity contribution is 7.99. The highest BCUT2D eigenvalue weighted by atomic mass is 32.2. The molecule has 6 heteroatoms. The van der Waals surface area contributed by atoms with Crippen LogP contribution >= 0.6 is 11.8 Å². The minimum atomic E-state index is -0.0522. The van der Waals surface area contributed by atoms with Crippen LogP contribution in [0.5, 0.6) is 0 Å². The quantitative estimate of drug-likeness (QED) is 0.865. The van der Waals surface area contributed by atoms with Gasteiger partial charge in [0.2, 0.25) is 11.8 Å². The standard InChI is InChI=1S/C17H21N3O2S/c21-16-15(12-3-1-2-4-13(12)19-16)11-5-7-20(8-6-11)17(22)14-9-23-10-18-14/h1-4,11,14-15,18H,5-10H2,(H,19,21). The Hall–Kier alpha value is -1.53. The maximum Gasteiger partial charge on any atom is 0.240 e. The maximum absolute atomic E-state index is 12.5. The minimum Gasteiger partial charge on any atom is -0.341 e. The SMILES string of the molecule is O=C1Nc2ccccc2C1C1CCN(C(=O)C2CSCN2)CC1. The van der Waals surface area contributed by atoms with E-state index in [1.807, 2.05) is 23.1 Å². The molecule has 2 amide bonds. The van der Waals surface area contributed by atoms with Gasteiger partial charge >= 0.3 is 0 Å². The lowest BCUT2D eigenvalue weighted by Crippen LogP contribution is -2.48. The molecule has 2 fully saturated rings. The summed E-state index contributed by atoms with van der Waals surface area (Å²) in [5.41, 5.74) is 2.07. The van der Waals surface area contributed by atoms with Gasteiger partial charge in [0.05, 0.1) is 12.0 Å². The van der Waals surface area contributed by atoms with E-state index in [4.69, 9.17) is 0 Å². The third-order valence-corrected chi connectivity index (χ3v) is 6.11. The van der Waals surface area contributed by atoms with Gasteiger partial charge in [-0.2, -0.15) is 0 Å². The van der Waals surface area contributed by atoms with Crippen molar-refractivity contribution in [3.8, 4) is 0 Å². The Morgan fingerprint density at radius 1 is 1.22 bits per heavy atom. The van der Waals surface area contributed by atoms with E-state index in [0.717, 1.165) is 48.8 Å². The van der Waals surface area contributed by atoms with E-state index in [1.165, 1.54) is 0 Å². The van der Waals surface area contributed by atoms with Crippen molar-refractivity contribution in [1.29, 1.82) is 0 Å². The third kappa shape index (κ3) is 2.74. The van der Waals surface area contributed by atoms with Crippen molar-refractivity contribution in [2.24, 2.45) is 5.92 Å². The number of amides is 2. The van der Waals surface area contributed by atoms with Crippen LogP contribution in [0, 0.1) is 5.92 Å². The molecule has 3 aliphatic heterocycles. The Balaban J connectivity index is 1.42. The van der Waals surface area contributed by atoms with Gasteiger partial charge < -0.3 is 10.2 Å². The Morgan fingerprint density at radius 2 is 2.00 bits per heavy atom. The minimum absolute atomic E-state index is 0.0212. The summed E-state index contributed by atoms with van der Waals surface area (Å²) >= 11 is 1.78. The Labute approximate surface area is 140 Å². The molecule has 2 unspecified atom stereocenters. The zero-order chi connectivity index (χ0) is 15.8. The van der Waals surface area contributed by atoms with Crippen molar-refractivity contribution in [1.82, 2.24) is 10.2 Å². The molecule has 5 nitrogen and oxygen atoms in total. The smallest absolute Gasteiger partial charge is 0.240 e. The number of carbonyl (C=O) groups excluding carboxylic acids is 2. The molecule has 2 N–H and O–H groups in total. The normalized spacial score (nSPS) is 27.8. The lowest BCUT2D eigenvalue weighted by atomic mass is 9.80. The molecule has 2 atom stereocenters. The van der Waals surface area contributed by atoms with Crippen molar-refractivity contribution in [2.75, 3.05) is 30.0 Å². The number of nitrogens with zero attached hydrogens (tertiary/aromatic N) is 1. The zero-order valence-corrected chi connectivity index (χ0v) is 13.8. The lowest BCUT2D eigenvalue weighted by Gasteiger charge is -2.35. The number of carbonyl (C=O) groups is 2. The van der Waals surface area contributed by atoms with Crippen LogP contribution < -0.4 is 10.6 Å². The average molecular weight is 331 g/mol. The van der Waals surface area contributed by atoms with E-state index < -0.39 is 0 Å². The summed E-state index contributed by atoms with van der Waals surface area (Å²) < 4.78 is 0. The number of thioether (sulfide) groups is 1. The molecule has 3 heterocycles. The molecule has 3 aliphatic rings. The fourth-order valence-electron chi connectivity index (χ4n) is 3.93. The molecule has 0 saturated carbocycles. The largest absolute Gasteiger partial charge is 0.341 e. The number of piperidine rings is 1. The molecule has 0 spiro atoms. The predicted octanol–water partition coefficient (Wildman–Crippen LogP) is 1.62. The average Bonchev–Trinajstić information content (AvgIpc) is 3.21. The van der Waals surface area contributed by atoms with Gasteiger partial charge in [0.25, 0.3) is 0 Å². The van der Waals surface area contributed by atoms with Crippen LogP contribution in [0.25, 0.3) is 0 Å². The van der Waals surface area contributed by atoms with Gasteiger partial charge in [0.15, 0.2) is 0 Å². The molecule has 23 heavy (non-hydrogen) atoms. The van der Waals surface area contributed by atoms with E-state index in [2.05, 4.69) is 16.7 Å². The highest BCUT2D eigenvalue weighted by Gasteiger charge is 2.39. The molecule has 0 radical (unpaired) electrons. The van der Waals surface area contributed by atoms with Gasteiger partial charge in [0.1, 0.15) is 0 Å². The summed E-state index contributed by atoms with van der Waals surface area (Å²) in [7, 11) is 0. The molecule has 4 rings (SSSR count). The summed E-state index contributed by atoms with van der Waals surface area (Å²) in [6.07, 6.45) is 1.80. The number of para-hydroxylation sites is 1. The molecular formula is C17H21N3O2S. The third-order valence-electron chi connectivity index (χ3n) is 5.17. The van der Waals surface area contributed by atoms with Crippen LogP contribution in [-0.4, -0.2) is 47.5 Å². The van der Waals surface area contributed by atoms with Crippen molar-refractivity contribution in [2.45, 2.75) is 24.8 Å². The van der Waals surface area contributed by atoms with Crippen molar-refractivity contribution >= 4 is 29.3 Å². The van der Waals surface area contributed by atoms with E-state index in [0.29, 0.717) is 5.92 Å². The number of fused-ring (bicyclic) bond motifs is 1. The molecule has 1 aromatic rings. The number of anilines is 1. The Kier molecular flexibility index (Phi) is 4.03. The summed E-state index contributed by atoms with van der Waals surface area (Å²) in [6.45, 7) is 1.52. The van der Waals surface area contributed by atoms with E-state index in [1.54, 1.807) is 11.8 Å². The number of nitrogens with one attached hydrogen (secondary N) is 2. The lowest BCUT2D eigenvalue weighted by molar-refractivity contribution is -0.134. The number of benzene rings is 1. The summed E-state index contributed by atoms with van der Waals surface area (Å²) in [5.74, 6) is 2.36. The van der Waals surface area contributed by atoms with Crippen LogP contribution in [0.3, 0.4) is 0 Å². The van der Waals surface area contributed by atoms with Crippen LogP contribution in [0.2, 0.25) is 0 Å². The fraction of sp³-hybridized carbons (Fsp3) is 0.529. The van der Waals surface area contributed by atoms with Gasteiger partial charge in [-0.3, -0.25) is 14.9 Å². The summed E-state index contributed by atoms with van der Waals surface area (Å²) in [6, 6.07) is 7.95. The summed E-state index contributed by atoms with van der Waals surface area (Å²) in [4.78, 5) is 26.8. The molecule has 2 saturated heterocycles. The monoisotopic (exact) mass is 331 g/mol. The first-order chi connectivity index (χ1) is 11.2. The first kappa shape index (κ1) is 15.0. The fourth-order valence-corrected chi connectivity index (χ4v) is 4.86. The molecule has 0 bridgehead atoms. The van der Waals surface area contributed by atoms with Gasteiger partial charge in [-0.15, -0.1) is 11.8 Å². The first-order valence-electron chi connectivity index (χ1n) is 8.24. The number of rotatable bonds is 2. The second-order valence-electron chi connectivity index (χ2n) is 6.49. The Bertz CT molecular complexity index is 622. The van der Waals surface area contributed by atoms with Crippen molar-refractivity contribution in [3.05, 3.63) is 29.8 Å². The molecule has 0 aromatic heterocycles. The predicted molar refractivity (Wildman–Crippen MR) is 91.4 cm³/mol. The molecule has 0 aliphatic carbocycles. The van der Waals surface area contributed by atoms with Gasteiger partial charge in [-0.25, -0.2) is 0 Å². The van der Waals surface area contributed by atoms with Gasteiger partial charge in [-0.1, -0.05) is 18.2 Å². The molecular weight excluding hydrogens is 310 g/mol. The van der Waals surface area contributed by atoms with Crippen LogP contribution in [0.4, 0.5) is 5.69 Å². The van der Waals surface area contributed by atoms with Crippen LogP contribution in [0.15, 0.2) is 24.3 Å². The van der Waals surface area contributed by atoms with Crippen LogP contribution in [0.1, 0.15) is 24.3 Å². The maximum atomic E-state index is 12.5. The zero-order valence-electron chi connectivity index (χ0n) is 13.0. The van der Waals surface area contributed by atoms with E-state index in [9.17, 15) is 9.59 Å². The van der Waals surface area contributed by atoms with Crippen LogP contribution in [-0.2, 0) is 9.59 Å². The molecule has 122 valence electrons. The van der Waals surface area contributed by atoms with Crippen molar-refractivity contribution in [3.63, 3.8) is 0 Å². The van der Waals surface area contributed by atoms with E-state index >= 15 is 0 Å². The van der Waals surface area contributed by atoms with E-state index in [-0.39, 0.29) is 23.8 Å². The molecule has 1 aromatic carbocycles. The van der Waals surface area contributed by atoms with Gasteiger partial charge in [0, 0.05) is 30.4 Å².